The molecule has 2 heterocycles. The first-order valence-corrected chi connectivity index (χ1v) is 15.0. The van der Waals surface area contributed by atoms with Gasteiger partial charge in [0.15, 0.2) is 12.6 Å². The van der Waals surface area contributed by atoms with E-state index in [9.17, 15) is 66.4 Å². The van der Waals surface area contributed by atoms with E-state index in [2.05, 4.69) is 5.32 Å². The van der Waals surface area contributed by atoms with Gasteiger partial charge in [0.1, 0.15) is 67.1 Å². The van der Waals surface area contributed by atoms with Gasteiger partial charge in [0, 0.05) is 18.6 Å². The Balaban J connectivity index is 1.42. The fraction of sp³-hybridized carbons (Fsp3) is 0.926. The summed E-state index contributed by atoms with van der Waals surface area (Å²) in [7, 11) is 0. The minimum atomic E-state index is -1.86. The molecule has 18 nitrogen and oxygen atoms in total. The van der Waals surface area contributed by atoms with Crippen molar-refractivity contribution in [2.75, 3.05) is 19.8 Å². The number of hydrogen-bond donors (Lipinski definition) is 14. The van der Waals surface area contributed by atoms with Crippen LogP contribution < -0.4 is 5.32 Å². The van der Waals surface area contributed by atoms with E-state index in [1.54, 1.807) is 6.92 Å². The van der Waals surface area contributed by atoms with Gasteiger partial charge < -0.3 is 90.6 Å². The molecule has 18 heteroatoms. The number of nitrogens with one attached hydrogen (secondary N) is 1. The summed E-state index contributed by atoms with van der Waals surface area (Å²) in [6.07, 6.45) is -23.4. The van der Waals surface area contributed by atoms with Crippen LogP contribution in [0, 0.1) is 5.92 Å². The van der Waals surface area contributed by atoms with Crippen molar-refractivity contribution >= 4 is 0 Å². The van der Waals surface area contributed by atoms with Gasteiger partial charge in [-0.3, -0.25) is 0 Å². The molecule has 2 saturated heterocycles. The van der Waals surface area contributed by atoms with Crippen LogP contribution in [0.4, 0.5) is 0 Å². The standard InChI is InChI=1S/C27H47NO17/c1-2-12-17(34)20(37)23(40)26(43-12)42-7-13-18(35)21(38)24(41)27(44-13)45-25-9(6-30)4-11(16(33)22(25)39)28-10-3-8(5-29)14(31)19(36)15(10)32/h3,9-41H,2,4-7H2,1H3. The normalized spacial score (nSPS) is 51.2. The molecule has 0 aromatic rings. The summed E-state index contributed by atoms with van der Waals surface area (Å²) in [6.45, 7) is -0.0759. The van der Waals surface area contributed by atoms with Crippen molar-refractivity contribution in [1.82, 2.24) is 5.32 Å². The molecular weight excluding hydrogens is 610 g/mol. The zero-order valence-electron chi connectivity index (χ0n) is 24.5. The van der Waals surface area contributed by atoms with Crippen LogP contribution in [-0.2, 0) is 18.9 Å². The minimum Gasteiger partial charge on any atom is -0.396 e. The van der Waals surface area contributed by atoms with Crippen molar-refractivity contribution < 1.29 is 85.3 Å². The fourth-order valence-corrected chi connectivity index (χ4v) is 6.34. The molecule has 0 spiro atoms. The topological polar surface area (TPSA) is 312 Å². The van der Waals surface area contributed by atoms with Crippen LogP contribution in [0.2, 0.25) is 0 Å². The Hall–Kier alpha value is -0.980. The molecule has 4 rings (SSSR count). The van der Waals surface area contributed by atoms with Crippen molar-refractivity contribution in [3.05, 3.63) is 11.6 Å². The SMILES string of the molecule is CCC1OC(OCC2OC(OC3C(CO)CC(NC4C=C(CO)C(O)C(O)C4O)C(O)C3O)C(O)C(O)C2O)C(O)C(O)C1O. The van der Waals surface area contributed by atoms with E-state index in [1.807, 2.05) is 0 Å². The highest BCUT2D eigenvalue weighted by Crippen LogP contribution is 2.34. The Morgan fingerprint density at radius 3 is 1.91 bits per heavy atom. The molecule has 262 valence electrons. The largest absolute Gasteiger partial charge is 0.396 e. The molecule has 19 unspecified atom stereocenters. The third-order valence-electron chi connectivity index (χ3n) is 9.21. The van der Waals surface area contributed by atoms with Crippen LogP contribution in [0.5, 0.6) is 0 Å². The van der Waals surface area contributed by atoms with Gasteiger partial charge in [0.25, 0.3) is 0 Å². The summed E-state index contributed by atoms with van der Waals surface area (Å²) >= 11 is 0. The van der Waals surface area contributed by atoms with Gasteiger partial charge in [-0.25, -0.2) is 0 Å². The lowest BCUT2D eigenvalue weighted by molar-refractivity contribution is -0.343. The van der Waals surface area contributed by atoms with E-state index < -0.39 is 136 Å². The second-order valence-corrected chi connectivity index (χ2v) is 12.2. The molecule has 3 fully saturated rings. The summed E-state index contributed by atoms with van der Waals surface area (Å²) in [5.74, 6) is -0.919. The summed E-state index contributed by atoms with van der Waals surface area (Å²) in [5.41, 5.74) is 0.0299. The summed E-state index contributed by atoms with van der Waals surface area (Å²) in [5, 5.41) is 137. The van der Waals surface area contributed by atoms with Crippen molar-refractivity contribution in [3.8, 4) is 0 Å². The van der Waals surface area contributed by atoms with Crippen LogP contribution in [-0.4, -0.2) is 196 Å². The lowest BCUT2D eigenvalue weighted by Gasteiger charge is -2.47. The molecule has 19 atom stereocenters. The summed E-state index contributed by atoms with van der Waals surface area (Å²) < 4.78 is 22.4. The monoisotopic (exact) mass is 657 g/mol. The van der Waals surface area contributed by atoms with Crippen LogP contribution in [0.3, 0.4) is 0 Å². The number of rotatable bonds is 10. The molecule has 4 aliphatic rings. The fourth-order valence-electron chi connectivity index (χ4n) is 6.34. The number of hydrogen-bond acceptors (Lipinski definition) is 18. The average molecular weight is 658 g/mol. The molecular formula is C27H47NO17. The molecule has 0 bridgehead atoms. The Morgan fingerprint density at radius 2 is 1.31 bits per heavy atom. The van der Waals surface area contributed by atoms with E-state index >= 15 is 0 Å². The number of aliphatic hydroxyl groups excluding tert-OH is 13. The zero-order valence-corrected chi connectivity index (χ0v) is 24.5. The molecule has 14 N–H and O–H groups in total. The third-order valence-corrected chi connectivity index (χ3v) is 9.21. The molecule has 45 heavy (non-hydrogen) atoms. The van der Waals surface area contributed by atoms with Crippen LogP contribution in [0.15, 0.2) is 11.6 Å². The van der Waals surface area contributed by atoms with E-state index in [0.29, 0.717) is 0 Å². The Morgan fingerprint density at radius 1 is 0.711 bits per heavy atom. The molecule has 1 saturated carbocycles. The Bertz CT molecular complexity index is 974. The van der Waals surface area contributed by atoms with Crippen molar-refractivity contribution in [2.45, 2.75) is 130 Å². The molecule has 0 amide bonds. The highest BCUT2D eigenvalue weighted by molar-refractivity contribution is 5.22. The van der Waals surface area contributed by atoms with E-state index in [-0.39, 0.29) is 18.4 Å². The Labute approximate surface area is 258 Å². The number of ether oxygens (including phenoxy) is 4. The Kier molecular flexibility index (Phi) is 12.7. The van der Waals surface area contributed by atoms with E-state index in [4.69, 9.17) is 18.9 Å². The first kappa shape index (κ1) is 36.8. The maximum Gasteiger partial charge on any atom is 0.187 e. The first-order chi connectivity index (χ1) is 21.2. The molecule has 2 aliphatic carbocycles. The lowest BCUT2D eigenvalue weighted by atomic mass is 9.78. The predicted octanol–water partition coefficient (Wildman–Crippen LogP) is -7.51. The zero-order chi connectivity index (χ0) is 33.3. The van der Waals surface area contributed by atoms with E-state index in [0.717, 1.165) is 0 Å². The van der Waals surface area contributed by atoms with Gasteiger partial charge in [-0.1, -0.05) is 13.0 Å². The molecule has 0 aromatic carbocycles. The summed E-state index contributed by atoms with van der Waals surface area (Å²) in [6, 6.07) is -2.05. The lowest BCUT2D eigenvalue weighted by Crippen LogP contribution is -2.66. The summed E-state index contributed by atoms with van der Waals surface area (Å²) in [4.78, 5) is 0. The maximum absolute atomic E-state index is 11.0. The van der Waals surface area contributed by atoms with Gasteiger partial charge in [-0.15, -0.1) is 0 Å². The smallest absolute Gasteiger partial charge is 0.187 e. The van der Waals surface area contributed by atoms with Gasteiger partial charge in [-0.05, 0) is 18.4 Å². The quantitative estimate of drug-likeness (QED) is 0.0970. The maximum atomic E-state index is 11.0. The van der Waals surface area contributed by atoms with Crippen molar-refractivity contribution in [3.63, 3.8) is 0 Å². The van der Waals surface area contributed by atoms with E-state index in [1.165, 1.54) is 6.08 Å². The number of aliphatic hydroxyl groups is 13. The molecule has 0 radical (unpaired) electrons. The molecule has 2 aliphatic heterocycles. The highest BCUT2D eigenvalue weighted by atomic mass is 16.7. The second-order valence-electron chi connectivity index (χ2n) is 12.2. The molecule has 0 aromatic heterocycles. The van der Waals surface area contributed by atoms with Crippen LogP contribution >= 0.6 is 0 Å². The third kappa shape index (κ3) is 7.53. The van der Waals surface area contributed by atoms with Crippen LogP contribution in [0.1, 0.15) is 19.8 Å². The van der Waals surface area contributed by atoms with Gasteiger partial charge >= 0.3 is 0 Å². The second kappa shape index (κ2) is 15.5. The van der Waals surface area contributed by atoms with Crippen LogP contribution in [0.25, 0.3) is 0 Å². The van der Waals surface area contributed by atoms with Gasteiger partial charge in [0.05, 0.1) is 37.6 Å². The average Bonchev–Trinajstić information content (AvgIpc) is 3.03. The van der Waals surface area contributed by atoms with Gasteiger partial charge in [0.2, 0.25) is 0 Å². The van der Waals surface area contributed by atoms with Gasteiger partial charge in [-0.2, -0.15) is 0 Å². The van der Waals surface area contributed by atoms with Crippen molar-refractivity contribution in [2.24, 2.45) is 5.92 Å². The predicted molar refractivity (Wildman–Crippen MR) is 146 cm³/mol. The van der Waals surface area contributed by atoms with Crippen molar-refractivity contribution in [1.29, 1.82) is 0 Å². The minimum absolute atomic E-state index is 0.0299. The first-order valence-electron chi connectivity index (χ1n) is 15.0. The highest BCUT2D eigenvalue weighted by Gasteiger charge is 2.51.